The molecule has 0 unspecified atom stereocenters. The predicted molar refractivity (Wildman–Crippen MR) is 83.5 cm³/mol. The quantitative estimate of drug-likeness (QED) is 0.766. The molecule has 0 aliphatic carbocycles. The Labute approximate surface area is 128 Å². The van der Waals surface area contributed by atoms with Gasteiger partial charge in [0.2, 0.25) is 0 Å². The van der Waals surface area contributed by atoms with Crippen molar-refractivity contribution in [2.24, 2.45) is 0 Å². The van der Waals surface area contributed by atoms with Crippen LogP contribution in [0.1, 0.15) is 0 Å². The standard InChI is InChI=1S/C12H10Br2N2O2S/c13-10-5-2-6-11(12(10)14)19(17,18)16-9-4-1-3-8(15)7-9/h1-7,16H,15H2. The molecular formula is C12H10Br2N2O2S. The van der Waals surface area contributed by atoms with Crippen LogP contribution in [-0.2, 0) is 10.0 Å². The van der Waals surface area contributed by atoms with Crippen molar-refractivity contribution in [2.45, 2.75) is 4.90 Å². The first-order valence-electron chi connectivity index (χ1n) is 5.22. The normalized spacial score (nSPS) is 11.3. The number of nitrogen functional groups attached to an aromatic ring is 1. The molecule has 0 saturated carbocycles. The average molecular weight is 406 g/mol. The third-order valence-electron chi connectivity index (χ3n) is 2.34. The summed E-state index contributed by atoms with van der Waals surface area (Å²) in [5.41, 5.74) is 6.54. The van der Waals surface area contributed by atoms with E-state index in [0.29, 0.717) is 20.3 Å². The van der Waals surface area contributed by atoms with Gasteiger partial charge in [0.15, 0.2) is 0 Å². The van der Waals surface area contributed by atoms with Gasteiger partial charge in [-0.25, -0.2) is 8.42 Å². The molecule has 0 saturated heterocycles. The monoisotopic (exact) mass is 404 g/mol. The van der Waals surface area contributed by atoms with E-state index in [4.69, 9.17) is 5.73 Å². The summed E-state index contributed by atoms with van der Waals surface area (Å²) >= 11 is 6.53. The molecule has 7 heteroatoms. The number of hydrogen-bond acceptors (Lipinski definition) is 3. The molecule has 0 bridgehead atoms. The van der Waals surface area contributed by atoms with Crippen LogP contribution in [0.25, 0.3) is 0 Å². The Morgan fingerprint density at radius 3 is 2.42 bits per heavy atom. The lowest BCUT2D eigenvalue weighted by molar-refractivity contribution is 0.600. The first-order chi connectivity index (χ1) is 8.90. The fourth-order valence-electron chi connectivity index (χ4n) is 1.50. The largest absolute Gasteiger partial charge is 0.399 e. The molecule has 100 valence electrons. The molecule has 3 N–H and O–H groups in total. The van der Waals surface area contributed by atoms with Gasteiger partial charge in [-0.3, -0.25) is 4.72 Å². The van der Waals surface area contributed by atoms with E-state index < -0.39 is 10.0 Å². The summed E-state index contributed by atoms with van der Waals surface area (Å²) in [6.45, 7) is 0. The number of halogens is 2. The van der Waals surface area contributed by atoms with Crippen molar-refractivity contribution >= 4 is 53.3 Å². The van der Waals surface area contributed by atoms with Gasteiger partial charge >= 0.3 is 0 Å². The highest BCUT2D eigenvalue weighted by Crippen LogP contribution is 2.30. The highest BCUT2D eigenvalue weighted by Gasteiger charge is 2.19. The Balaban J connectivity index is 2.41. The lowest BCUT2D eigenvalue weighted by Gasteiger charge is -2.10. The van der Waals surface area contributed by atoms with Gasteiger partial charge in [0.05, 0.1) is 10.2 Å². The van der Waals surface area contributed by atoms with Crippen LogP contribution < -0.4 is 10.5 Å². The Bertz CT molecular complexity index is 717. The summed E-state index contributed by atoms with van der Waals surface area (Å²) < 4.78 is 28.2. The number of sulfonamides is 1. The summed E-state index contributed by atoms with van der Waals surface area (Å²) in [5, 5.41) is 0. The first-order valence-corrected chi connectivity index (χ1v) is 8.29. The van der Waals surface area contributed by atoms with Crippen molar-refractivity contribution in [1.29, 1.82) is 0 Å². The lowest BCUT2D eigenvalue weighted by Crippen LogP contribution is -2.13. The van der Waals surface area contributed by atoms with Crippen LogP contribution in [0.3, 0.4) is 0 Å². The first kappa shape index (κ1) is 14.4. The number of benzene rings is 2. The second-order valence-electron chi connectivity index (χ2n) is 3.78. The van der Waals surface area contributed by atoms with Crippen LogP contribution >= 0.6 is 31.9 Å². The highest BCUT2D eigenvalue weighted by atomic mass is 79.9. The van der Waals surface area contributed by atoms with E-state index in [0.717, 1.165) is 0 Å². The minimum atomic E-state index is -3.67. The molecule has 0 amide bonds. The Hall–Kier alpha value is -1.05. The van der Waals surface area contributed by atoms with Gasteiger partial charge in [-0.15, -0.1) is 0 Å². The predicted octanol–water partition coefficient (Wildman–Crippen LogP) is 3.59. The van der Waals surface area contributed by atoms with E-state index in [-0.39, 0.29) is 4.90 Å². The Kier molecular flexibility index (Phi) is 4.17. The number of anilines is 2. The van der Waals surface area contributed by atoms with Crippen molar-refractivity contribution in [3.63, 3.8) is 0 Å². The molecule has 4 nitrogen and oxygen atoms in total. The summed E-state index contributed by atoms with van der Waals surface area (Å²) in [6.07, 6.45) is 0. The van der Waals surface area contributed by atoms with Crippen molar-refractivity contribution in [3.05, 3.63) is 51.4 Å². The van der Waals surface area contributed by atoms with Crippen LogP contribution in [0, 0.1) is 0 Å². The van der Waals surface area contributed by atoms with E-state index in [9.17, 15) is 8.42 Å². The molecule has 2 aromatic rings. The zero-order chi connectivity index (χ0) is 14.0. The van der Waals surface area contributed by atoms with Gasteiger partial charge in [0, 0.05) is 10.2 Å². The van der Waals surface area contributed by atoms with Crippen LogP contribution in [-0.4, -0.2) is 8.42 Å². The summed E-state index contributed by atoms with van der Waals surface area (Å²) in [4.78, 5) is 0.157. The van der Waals surface area contributed by atoms with Gasteiger partial charge in [-0.1, -0.05) is 12.1 Å². The molecule has 2 aromatic carbocycles. The number of nitrogens with two attached hydrogens (primary N) is 1. The smallest absolute Gasteiger partial charge is 0.263 e. The summed E-state index contributed by atoms with van der Waals surface area (Å²) in [7, 11) is -3.67. The molecule has 0 radical (unpaired) electrons. The van der Waals surface area contributed by atoms with E-state index in [1.807, 2.05) is 0 Å². The van der Waals surface area contributed by atoms with Gasteiger partial charge in [0.25, 0.3) is 10.0 Å². The molecule has 0 atom stereocenters. The van der Waals surface area contributed by atoms with Crippen molar-refractivity contribution < 1.29 is 8.42 Å². The molecule has 0 aliphatic rings. The number of rotatable bonds is 3. The Morgan fingerprint density at radius 1 is 1.05 bits per heavy atom. The maximum atomic E-state index is 12.3. The van der Waals surface area contributed by atoms with Crippen molar-refractivity contribution in [3.8, 4) is 0 Å². The van der Waals surface area contributed by atoms with E-state index >= 15 is 0 Å². The minimum absolute atomic E-state index is 0.157. The van der Waals surface area contributed by atoms with Crippen LogP contribution in [0.2, 0.25) is 0 Å². The minimum Gasteiger partial charge on any atom is -0.399 e. The maximum absolute atomic E-state index is 12.3. The molecule has 0 spiro atoms. The Morgan fingerprint density at radius 2 is 1.74 bits per heavy atom. The summed E-state index contributed by atoms with van der Waals surface area (Å²) in [5.74, 6) is 0. The number of nitrogens with one attached hydrogen (secondary N) is 1. The summed E-state index contributed by atoms with van der Waals surface area (Å²) in [6, 6.07) is 11.5. The zero-order valence-corrected chi connectivity index (χ0v) is 13.6. The van der Waals surface area contributed by atoms with Gasteiger partial charge < -0.3 is 5.73 Å². The topological polar surface area (TPSA) is 72.2 Å². The molecule has 0 heterocycles. The van der Waals surface area contributed by atoms with Gasteiger partial charge in [-0.05, 0) is 62.2 Å². The molecule has 0 aromatic heterocycles. The second kappa shape index (κ2) is 5.52. The van der Waals surface area contributed by atoms with Crippen LogP contribution in [0.4, 0.5) is 11.4 Å². The zero-order valence-electron chi connectivity index (χ0n) is 9.60. The SMILES string of the molecule is Nc1cccc(NS(=O)(=O)c2cccc(Br)c2Br)c1. The van der Waals surface area contributed by atoms with Crippen LogP contribution in [0.15, 0.2) is 56.3 Å². The number of hydrogen-bond donors (Lipinski definition) is 2. The fraction of sp³-hybridized carbons (Fsp3) is 0. The van der Waals surface area contributed by atoms with Crippen molar-refractivity contribution in [2.75, 3.05) is 10.5 Å². The van der Waals surface area contributed by atoms with Crippen molar-refractivity contribution in [1.82, 2.24) is 0 Å². The highest BCUT2D eigenvalue weighted by molar-refractivity contribution is 9.13. The fourth-order valence-corrected chi connectivity index (χ4v) is 4.06. The lowest BCUT2D eigenvalue weighted by atomic mass is 10.3. The second-order valence-corrected chi connectivity index (χ2v) is 7.08. The molecule has 19 heavy (non-hydrogen) atoms. The molecule has 0 fully saturated rings. The van der Waals surface area contributed by atoms with Gasteiger partial charge in [-0.2, -0.15) is 0 Å². The molecule has 0 aliphatic heterocycles. The third-order valence-corrected chi connectivity index (χ3v) is 6.08. The van der Waals surface area contributed by atoms with Gasteiger partial charge in [0.1, 0.15) is 4.90 Å². The van der Waals surface area contributed by atoms with E-state index in [1.165, 1.54) is 6.07 Å². The molecular weight excluding hydrogens is 396 g/mol. The molecule has 2 rings (SSSR count). The van der Waals surface area contributed by atoms with E-state index in [1.54, 1.807) is 36.4 Å². The maximum Gasteiger partial charge on any atom is 0.263 e. The third kappa shape index (κ3) is 3.29. The van der Waals surface area contributed by atoms with Crippen LogP contribution in [0.5, 0.6) is 0 Å². The average Bonchev–Trinajstić information content (AvgIpc) is 2.32. The van der Waals surface area contributed by atoms with E-state index in [2.05, 4.69) is 36.6 Å².